The normalized spacial score (nSPS) is 19.5. The Morgan fingerprint density at radius 3 is 2.22 bits per heavy atom. The average Bonchev–Trinajstić information content (AvgIpc) is 2.38. The van der Waals surface area contributed by atoms with Gasteiger partial charge in [0.15, 0.2) is 0 Å². The molecule has 1 aromatic rings. The first-order chi connectivity index (χ1) is 8.92. The third-order valence-corrected chi connectivity index (χ3v) is 3.80. The Labute approximate surface area is 110 Å². The van der Waals surface area contributed by atoms with Crippen molar-refractivity contribution in [2.45, 2.75) is 44.6 Å². The van der Waals surface area contributed by atoms with Crippen LogP contribution >= 0.6 is 0 Å². The van der Waals surface area contributed by atoms with E-state index in [9.17, 15) is 0 Å². The number of likely N-dealkylation sites (tertiary alicyclic amines) is 1. The van der Waals surface area contributed by atoms with Crippen LogP contribution in [-0.4, -0.2) is 18.0 Å². The van der Waals surface area contributed by atoms with Crippen molar-refractivity contribution in [1.82, 2.24) is 4.90 Å². The van der Waals surface area contributed by atoms with Gasteiger partial charge in [-0.3, -0.25) is 4.90 Å². The molecule has 1 aromatic carbocycles. The first-order valence-electron chi connectivity index (χ1n) is 7.08. The lowest BCUT2D eigenvalue weighted by atomic mass is 10.00. The maximum atomic E-state index is 9.08. The zero-order valence-electron chi connectivity index (χ0n) is 11.0. The zero-order chi connectivity index (χ0) is 12.6. The van der Waals surface area contributed by atoms with Crippen molar-refractivity contribution in [2.75, 3.05) is 13.1 Å². The summed E-state index contributed by atoms with van der Waals surface area (Å²) in [4.78, 5) is 2.51. The minimum atomic E-state index is 0.286. The summed E-state index contributed by atoms with van der Waals surface area (Å²) in [5, 5.41) is 9.08. The zero-order valence-corrected chi connectivity index (χ0v) is 11.0. The smallest absolute Gasteiger partial charge is 0.0641 e. The largest absolute Gasteiger partial charge is 0.295 e. The van der Waals surface area contributed by atoms with Crippen LogP contribution < -0.4 is 0 Å². The van der Waals surface area contributed by atoms with E-state index in [2.05, 4.69) is 35.2 Å². The predicted octanol–water partition coefficient (Wildman–Crippen LogP) is 3.91. The fraction of sp³-hybridized carbons (Fsp3) is 0.562. The van der Waals surface area contributed by atoms with E-state index in [0.717, 1.165) is 13.1 Å². The third-order valence-electron chi connectivity index (χ3n) is 3.80. The van der Waals surface area contributed by atoms with E-state index >= 15 is 0 Å². The van der Waals surface area contributed by atoms with Crippen molar-refractivity contribution in [3.63, 3.8) is 0 Å². The van der Waals surface area contributed by atoms with Crippen LogP contribution in [0.2, 0.25) is 0 Å². The summed E-state index contributed by atoms with van der Waals surface area (Å²) in [6.07, 6.45) is 7.20. The Kier molecular flexibility index (Phi) is 5.23. The fourth-order valence-electron chi connectivity index (χ4n) is 2.80. The Morgan fingerprint density at radius 2 is 1.61 bits per heavy atom. The van der Waals surface area contributed by atoms with Gasteiger partial charge in [0.2, 0.25) is 0 Å². The van der Waals surface area contributed by atoms with Crippen molar-refractivity contribution in [2.24, 2.45) is 0 Å². The van der Waals surface area contributed by atoms with E-state index in [1.54, 1.807) is 0 Å². The molecule has 1 aliphatic heterocycles. The van der Waals surface area contributed by atoms with Crippen LogP contribution in [0.15, 0.2) is 30.3 Å². The summed E-state index contributed by atoms with van der Waals surface area (Å²) >= 11 is 0. The number of hydrogen-bond acceptors (Lipinski definition) is 2. The fourth-order valence-corrected chi connectivity index (χ4v) is 2.80. The number of hydrogen-bond donors (Lipinski definition) is 0. The van der Waals surface area contributed by atoms with Gasteiger partial charge in [-0.05, 0) is 31.5 Å². The molecular formula is C16H22N2. The van der Waals surface area contributed by atoms with Gasteiger partial charge in [-0.15, -0.1) is 0 Å². The van der Waals surface area contributed by atoms with Crippen LogP contribution in [0, 0.1) is 11.3 Å². The second-order valence-electron chi connectivity index (χ2n) is 5.09. The third kappa shape index (κ3) is 3.58. The SMILES string of the molecule is N#CCC(c1ccccc1)N1CCCCCCC1. The monoisotopic (exact) mass is 242 g/mol. The van der Waals surface area contributed by atoms with Crippen LogP contribution in [0.1, 0.15) is 50.1 Å². The van der Waals surface area contributed by atoms with Crippen LogP contribution in [0.4, 0.5) is 0 Å². The summed E-state index contributed by atoms with van der Waals surface area (Å²) < 4.78 is 0. The van der Waals surface area contributed by atoms with E-state index in [-0.39, 0.29) is 6.04 Å². The highest BCUT2D eigenvalue weighted by atomic mass is 15.1. The van der Waals surface area contributed by atoms with Gasteiger partial charge >= 0.3 is 0 Å². The first kappa shape index (κ1) is 13.1. The first-order valence-corrected chi connectivity index (χ1v) is 7.08. The van der Waals surface area contributed by atoms with E-state index in [1.807, 2.05) is 6.07 Å². The molecule has 0 saturated carbocycles. The van der Waals surface area contributed by atoms with Gasteiger partial charge in [0.25, 0.3) is 0 Å². The van der Waals surface area contributed by atoms with Crippen molar-refractivity contribution in [1.29, 1.82) is 5.26 Å². The molecule has 2 rings (SSSR count). The summed E-state index contributed by atoms with van der Waals surface area (Å²) in [6.45, 7) is 2.28. The van der Waals surface area contributed by atoms with E-state index in [4.69, 9.17) is 5.26 Å². The second-order valence-corrected chi connectivity index (χ2v) is 5.09. The Morgan fingerprint density at radius 1 is 1.00 bits per heavy atom. The molecule has 0 spiro atoms. The number of nitriles is 1. The summed E-state index contributed by atoms with van der Waals surface area (Å²) in [5.41, 5.74) is 1.29. The molecule has 0 aliphatic carbocycles. The molecule has 1 fully saturated rings. The van der Waals surface area contributed by atoms with Crippen molar-refractivity contribution >= 4 is 0 Å². The Bertz CT molecular complexity index is 372. The highest BCUT2D eigenvalue weighted by Gasteiger charge is 2.20. The van der Waals surface area contributed by atoms with Crippen molar-refractivity contribution < 1.29 is 0 Å². The lowest BCUT2D eigenvalue weighted by Gasteiger charge is -2.32. The molecule has 1 heterocycles. The number of benzene rings is 1. The molecule has 1 unspecified atom stereocenters. The van der Waals surface area contributed by atoms with Gasteiger partial charge < -0.3 is 0 Å². The Balaban J connectivity index is 2.10. The van der Waals surface area contributed by atoms with Gasteiger partial charge in [-0.25, -0.2) is 0 Å². The maximum Gasteiger partial charge on any atom is 0.0641 e. The van der Waals surface area contributed by atoms with E-state index < -0.39 is 0 Å². The van der Waals surface area contributed by atoms with Gasteiger partial charge in [0.05, 0.1) is 12.5 Å². The summed E-state index contributed by atoms with van der Waals surface area (Å²) in [6, 6.07) is 13.1. The minimum Gasteiger partial charge on any atom is -0.295 e. The van der Waals surface area contributed by atoms with E-state index in [0.29, 0.717) is 6.42 Å². The molecule has 0 radical (unpaired) electrons. The quantitative estimate of drug-likeness (QED) is 0.803. The molecule has 2 nitrogen and oxygen atoms in total. The molecule has 1 atom stereocenters. The predicted molar refractivity (Wildman–Crippen MR) is 74.1 cm³/mol. The van der Waals surface area contributed by atoms with Crippen LogP contribution in [0.25, 0.3) is 0 Å². The molecule has 0 N–H and O–H groups in total. The molecule has 0 bridgehead atoms. The summed E-state index contributed by atoms with van der Waals surface area (Å²) in [5.74, 6) is 0. The topological polar surface area (TPSA) is 27.0 Å². The standard InChI is InChI=1S/C16H22N2/c17-12-11-16(15-9-5-4-6-10-15)18-13-7-2-1-3-8-14-18/h4-6,9-10,16H,1-3,7-8,11,13-14H2. The molecule has 1 saturated heterocycles. The lowest BCUT2D eigenvalue weighted by molar-refractivity contribution is 0.181. The van der Waals surface area contributed by atoms with Gasteiger partial charge in [-0.1, -0.05) is 49.6 Å². The number of nitrogens with zero attached hydrogens (tertiary/aromatic N) is 2. The van der Waals surface area contributed by atoms with Gasteiger partial charge in [0.1, 0.15) is 0 Å². The van der Waals surface area contributed by atoms with Crippen LogP contribution in [0.3, 0.4) is 0 Å². The molecule has 2 heteroatoms. The number of rotatable bonds is 3. The van der Waals surface area contributed by atoms with E-state index in [1.165, 1.54) is 37.7 Å². The molecular weight excluding hydrogens is 220 g/mol. The maximum absolute atomic E-state index is 9.08. The van der Waals surface area contributed by atoms with Crippen LogP contribution in [-0.2, 0) is 0 Å². The molecule has 18 heavy (non-hydrogen) atoms. The lowest BCUT2D eigenvalue weighted by Crippen LogP contribution is -2.31. The second kappa shape index (κ2) is 7.18. The minimum absolute atomic E-state index is 0.286. The van der Waals surface area contributed by atoms with Crippen LogP contribution in [0.5, 0.6) is 0 Å². The molecule has 96 valence electrons. The molecule has 1 aliphatic rings. The van der Waals surface area contributed by atoms with Crippen molar-refractivity contribution in [3.05, 3.63) is 35.9 Å². The van der Waals surface area contributed by atoms with Gasteiger partial charge in [-0.2, -0.15) is 5.26 Å². The van der Waals surface area contributed by atoms with Gasteiger partial charge in [0, 0.05) is 6.04 Å². The molecule has 0 aromatic heterocycles. The summed E-state index contributed by atoms with van der Waals surface area (Å²) in [7, 11) is 0. The van der Waals surface area contributed by atoms with Crippen molar-refractivity contribution in [3.8, 4) is 6.07 Å². The molecule has 0 amide bonds. The highest BCUT2D eigenvalue weighted by Crippen LogP contribution is 2.26. The Hall–Kier alpha value is -1.33. The average molecular weight is 242 g/mol. The highest BCUT2D eigenvalue weighted by molar-refractivity contribution is 5.20.